The van der Waals surface area contributed by atoms with Crippen LogP contribution in [0.1, 0.15) is 18.9 Å². The van der Waals surface area contributed by atoms with E-state index in [1.165, 1.54) is 5.56 Å². The molecule has 1 saturated heterocycles. The van der Waals surface area contributed by atoms with Crippen molar-refractivity contribution >= 4 is 5.82 Å². The molecule has 2 atom stereocenters. The summed E-state index contributed by atoms with van der Waals surface area (Å²) in [6.45, 7) is 6.33. The number of piperidine rings is 1. The van der Waals surface area contributed by atoms with Crippen molar-refractivity contribution in [2.45, 2.75) is 26.3 Å². The van der Waals surface area contributed by atoms with Gasteiger partial charge in [0.2, 0.25) is 0 Å². The van der Waals surface area contributed by atoms with Crippen LogP contribution in [0, 0.1) is 12.8 Å². The summed E-state index contributed by atoms with van der Waals surface area (Å²) in [7, 11) is 0. The lowest BCUT2D eigenvalue weighted by molar-refractivity contribution is 0.381. The van der Waals surface area contributed by atoms with Crippen LogP contribution in [0.25, 0.3) is 0 Å². The predicted molar refractivity (Wildman–Crippen MR) is 62.9 cm³/mol. The lowest BCUT2D eigenvalue weighted by Crippen LogP contribution is -2.46. The molecule has 0 saturated carbocycles. The van der Waals surface area contributed by atoms with E-state index < -0.39 is 0 Å². The fraction of sp³-hybridized carbons (Fsp3) is 0.583. The van der Waals surface area contributed by atoms with Crippen LogP contribution >= 0.6 is 0 Å². The van der Waals surface area contributed by atoms with Crippen LogP contribution in [-0.2, 0) is 0 Å². The van der Waals surface area contributed by atoms with Gasteiger partial charge in [-0.25, -0.2) is 4.98 Å². The van der Waals surface area contributed by atoms with Crippen molar-refractivity contribution in [2.24, 2.45) is 11.7 Å². The third-order valence-corrected chi connectivity index (χ3v) is 3.19. The van der Waals surface area contributed by atoms with E-state index in [9.17, 15) is 0 Å². The molecule has 2 rings (SSSR count). The fourth-order valence-corrected chi connectivity index (χ4v) is 2.02. The van der Waals surface area contributed by atoms with Crippen molar-refractivity contribution in [3.05, 3.63) is 23.9 Å². The lowest BCUT2D eigenvalue weighted by atomic mass is 9.95. The molecule has 1 aromatic heterocycles. The van der Waals surface area contributed by atoms with Gasteiger partial charge in [-0.15, -0.1) is 0 Å². The molecule has 1 aromatic rings. The first-order valence-electron chi connectivity index (χ1n) is 5.60. The highest BCUT2D eigenvalue weighted by molar-refractivity contribution is 5.39. The average molecular weight is 205 g/mol. The summed E-state index contributed by atoms with van der Waals surface area (Å²) in [5.41, 5.74) is 7.20. The third kappa shape index (κ3) is 2.29. The summed E-state index contributed by atoms with van der Waals surface area (Å²) in [5.74, 6) is 1.64. The molecule has 0 radical (unpaired) electrons. The van der Waals surface area contributed by atoms with Crippen molar-refractivity contribution in [1.29, 1.82) is 0 Å². The Labute approximate surface area is 91.3 Å². The molecule has 1 fully saturated rings. The molecular formula is C12H19N3. The zero-order valence-corrected chi connectivity index (χ0v) is 9.48. The number of aryl methyl sites for hydroxylation is 1. The molecule has 2 unspecified atom stereocenters. The van der Waals surface area contributed by atoms with E-state index in [0.717, 1.165) is 25.3 Å². The maximum absolute atomic E-state index is 6.00. The van der Waals surface area contributed by atoms with E-state index in [1.807, 2.05) is 6.20 Å². The van der Waals surface area contributed by atoms with Crippen molar-refractivity contribution in [1.82, 2.24) is 4.98 Å². The van der Waals surface area contributed by atoms with Crippen molar-refractivity contribution in [3.63, 3.8) is 0 Å². The second kappa shape index (κ2) is 4.19. The topological polar surface area (TPSA) is 42.1 Å². The number of anilines is 1. The minimum absolute atomic E-state index is 0.353. The Morgan fingerprint density at radius 2 is 2.27 bits per heavy atom. The van der Waals surface area contributed by atoms with Crippen LogP contribution in [-0.4, -0.2) is 24.1 Å². The Morgan fingerprint density at radius 1 is 1.47 bits per heavy atom. The van der Waals surface area contributed by atoms with Gasteiger partial charge in [0.05, 0.1) is 0 Å². The zero-order chi connectivity index (χ0) is 10.8. The van der Waals surface area contributed by atoms with Gasteiger partial charge in [-0.3, -0.25) is 0 Å². The smallest absolute Gasteiger partial charge is 0.128 e. The summed E-state index contributed by atoms with van der Waals surface area (Å²) >= 11 is 0. The summed E-state index contributed by atoms with van der Waals surface area (Å²) in [6.07, 6.45) is 2.99. The van der Waals surface area contributed by atoms with Crippen molar-refractivity contribution in [3.8, 4) is 0 Å². The Balaban J connectivity index is 2.08. The normalized spacial score (nSPS) is 26.7. The molecule has 82 valence electrons. The molecule has 0 aliphatic carbocycles. The van der Waals surface area contributed by atoms with Gasteiger partial charge in [-0.2, -0.15) is 0 Å². The molecule has 0 spiro atoms. The molecule has 0 aromatic carbocycles. The van der Waals surface area contributed by atoms with Crippen molar-refractivity contribution < 1.29 is 0 Å². The van der Waals surface area contributed by atoms with E-state index in [1.54, 1.807) is 0 Å². The Hall–Kier alpha value is -1.09. The maximum atomic E-state index is 6.00. The predicted octanol–water partition coefficient (Wildman–Crippen LogP) is 1.56. The van der Waals surface area contributed by atoms with Crippen LogP contribution < -0.4 is 10.6 Å². The van der Waals surface area contributed by atoms with Gasteiger partial charge in [0.1, 0.15) is 5.82 Å². The second-order valence-corrected chi connectivity index (χ2v) is 4.57. The molecule has 0 bridgehead atoms. The Morgan fingerprint density at radius 3 is 2.87 bits per heavy atom. The van der Waals surface area contributed by atoms with E-state index in [0.29, 0.717) is 12.0 Å². The summed E-state index contributed by atoms with van der Waals surface area (Å²) in [6, 6.07) is 4.56. The molecule has 1 aliphatic rings. The SMILES string of the molecule is Cc1ccc(N2CCC(N)C(C)C2)nc1. The molecular weight excluding hydrogens is 186 g/mol. The number of hydrogen-bond donors (Lipinski definition) is 1. The van der Waals surface area contributed by atoms with Gasteiger partial charge in [-0.05, 0) is 30.9 Å². The van der Waals surface area contributed by atoms with Crippen LogP contribution in [0.4, 0.5) is 5.82 Å². The minimum atomic E-state index is 0.353. The van der Waals surface area contributed by atoms with E-state index >= 15 is 0 Å². The molecule has 2 heterocycles. The number of pyridine rings is 1. The first-order chi connectivity index (χ1) is 7.16. The van der Waals surface area contributed by atoms with Gasteiger partial charge in [-0.1, -0.05) is 13.0 Å². The summed E-state index contributed by atoms with van der Waals surface area (Å²) in [4.78, 5) is 6.77. The second-order valence-electron chi connectivity index (χ2n) is 4.57. The highest BCUT2D eigenvalue weighted by Gasteiger charge is 2.23. The number of nitrogens with two attached hydrogens (primary N) is 1. The van der Waals surface area contributed by atoms with Gasteiger partial charge in [0.25, 0.3) is 0 Å². The average Bonchev–Trinajstić information content (AvgIpc) is 2.23. The van der Waals surface area contributed by atoms with Gasteiger partial charge < -0.3 is 10.6 Å². The Bertz CT molecular complexity index is 320. The minimum Gasteiger partial charge on any atom is -0.356 e. The molecule has 0 amide bonds. The highest BCUT2D eigenvalue weighted by atomic mass is 15.2. The number of nitrogens with zero attached hydrogens (tertiary/aromatic N) is 2. The van der Waals surface area contributed by atoms with Gasteiger partial charge in [0, 0.05) is 25.3 Å². The molecule has 3 nitrogen and oxygen atoms in total. The third-order valence-electron chi connectivity index (χ3n) is 3.19. The quantitative estimate of drug-likeness (QED) is 0.756. The molecule has 2 N–H and O–H groups in total. The largest absolute Gasteiger partial charge is 0.356 e. The molecule has 15 heavy (non-hydrogen) atoms. The maximum Gasteiger partial charge on any atom is 0.128 e. The van der Waals surface area contributed by atoms with E-state index in [-0.39, 0.29) is 0 Å². The standard InChI is InChI=1S/C12H19N3/c1-9-3-4-12(14-7-9)15-6-5-11(13)10(2)8-15/h3-4,7,10-11H,5-6,8,13H2,1-2H3. The first-order valence-corrected chi connectivity index (χ1v) is 5.60. The number of aromatic nitrogens is 1. The van der Waals surface area contributed by atoms with Crippen LogP contribution in [0.5, 0.6) is 0 Å². The Kier molecular flexibility index (Phi) is 2.91. The zero-order valence-electron chi connectivity index (χ0n) is 9.48. The van der Waals surface area contributed by atoms with E-state index in [2.05, 4.69) is 35.9 Å². The number of rotatable bonds is 1. The van der Waals surface area contributed by atoms with Crippen LogP contribution in [0.2, 0.25) is 0 Å². The highest BCUT2D eigenvalue weighted by Crippen LogP contribution is 2.20. The van der Waals surface area contributed by atoms with Crippen LogP contribution in [0.3, 0.4) is 0 Å². The monoisotopic (exact) mass is 205 g/mol. The molecule has 1 aliphatic heterocycles. The first kappa shape index (κ1) is 10.4. The fourth-order valence-electron chi connectivity index (χ4n) is 2.02. The van der Waals surface area contributed by atoms with Gasteiger partial charge in [0.15, 0.2) is 0 Å². The van der Waals surface area contributed by atoms with E-state index in [4.69, 9.17) is 5.73 Å². The van der Waals surface area contributed by atoms with Crippen molar-refractivity contribution in [2.75, 3.05) is 18.0 Å². The lowest BCUT2D eigenvalue weighted by Gasteiger charge is -2.35. The summed E-state index contributed by atoms with van der Waals surface area (Å²) in [5, 5.41) is 0. The molecule has 3 heteroatoms. The number of hydrogen-bond acceptors (Lipinski definition) is 3. The van der Waals surface area contributed by atoms with Gasteiger partial charge >= 0.3 is 0 Å². The van der Waals surface area contributed by atoms with Crippen LogP contribution in [0.15, 0.2) is 18.3 Å². The summed E-state index contributed by atoms with van der Waals surface area (Å²) < 4.78 is 0.